The number of aliphatic hydroxyl groups excluding tert-OH is 1. The molecule has 15 heavy (non-hydrogen) atoms. The zero-order chi connectivity index (χ0) is 11.4. The van der Waals surface area contributed by atoms with Crippen LogP contribution < -0.4 is 0 Å². The number of hydrogen-bond donors (Lipinski definition) is 1. The molecule has 2 heteroatoms. The number of unbranched alkanes of at least 4 members (excludes halogenated alkanes) is 6. The summed E-state index contributed by atoms with van der Waals surface area (Å²) in [6.07, 6.45) is 10.3. The predicted molar refractivity (Wildman–Crippen MR) is 64.9 cm³/mol. The molecule has 0 spiro atoms. The van der Waals surface area contributed by atoms with Gasteiger partial charge in [-0.1, -0.05) is 52.4 Å². The minimum Gasteiger partial charge on any atom is -0.368 e. The molecule has 0 radical (unpaired) electrons. The van der Waals surface area contributed by atoms with Gasteiger partial charge in [-0.15, -0.1) is 0 Å². The van der Waals surface area contributed by atoms with Crippen molar-refractivity contribution in [2.45, 2.75) is 77.9 Å². The smallest absolute Gasteiger partial charge is 0.154 e. The van der Waals surface area contributed by atoms with Crippen molar-refractivity contribution in [2.24, 2.45) is 0 Å². The zero-order valence-electron chi connectivity index (χ0n) is 10.5. The zero-order valence-corrected chi connectivity index (χ0v) is 10.5. The first-order valence-electron chi connectivity index (χ1n) is 6.61. The van der Waals surface area contributed by atoms with Gasteiger partial charge in [0.1, 0.15) is 0 Å². The summed E-state index contributed by atoms with van der Waals surface area (Å²) in [6, 6.07) is 0. The molecule has 1 atom stereocenters. The number of hydrogen-bond acceptors (Lipinski definition) is 2. The molecule has 0 aromatic rings. The molecule has 0 aliphatic heterocycles. The predicted octanol–water partition coefficient (Wildman–Crippen LogP) is 3.87. The van der Waals surface area contributed by atoms with Crippen molar-refractivity contribution < 1.29 is 9.84 Å². The van der Waals surface area contributed by atoms with Gasteiger partial charge >= 0.3 is 0 Å². The van der Waals surface area contributed by atoms with Gasteiger partial charge in [-0.25, -0.2) is 0 Å². The van der Waals surface area contributed by atoms with E-state index in [1.54, 1.807) is 0 Å². The average molecular weight is 216 g/mol. The lowest BCUT2D eigenvalue weighted by atomic mass is 10.1. The van der Waals surface area contributed by atoms with Gasteiger partial charge in [-0.2, -0.15) is 0 Å². The van der Waals surface area contributed by atoms with E-state index in [1.807, 2.05) is 0 Å². The van der Waals surface area contributed by atoms with E-state index in [-0.39, 0.29) is 0 Å². The molecule has 0 rings (SSSR count). The maximum Gasteiger partial charge on any atom is 0.154 e. The lowest BCUT2D eigenvalue weighted by Gasteiger charge is -2.10. The van der Waals surface area contributed by atoms with E-state index in [4.69, 9.17) is 4.74 Å². The molecule has 0 saturated heterocycles. The van der Waals surface area contributed by atoms with E-state index in [9.17, 15) is 5.11 Å². The summed E-state index contributed by atoms with van der Waals surface area (Å²) in [6.45, 7) is 4.97. The maximum atomic E-state index is 9.40. The summed E-state index contributed by atoms with van der Waals surface area (Å²) in [5.41, 5.74) is 0. The van der Waals surface area contributed by atoms with Crippen LogP contribution in [0.25, 0.3) is 0 Å². The van der Waals surface area contributed by atoms with Crippen molar-refractivity contribution in [1.82, 2.24) is 0 Å². The second-order valence-electron chi connectivity index (χ2n) is 4.24. The van der Waals surface area contributed by atoms with Crippen molar-refractivity contribution in [3.05, 3.63) is 0 Å². The van der Waals surface area contributed by atoms with Crippen LogP contribution in [0.5, 0.6) is 0 Å². The standard InChI is InChI=1S/C13H28O2/c1-3-5-6-7-8-9-10-11-13(14)15-12-4-2/h13-14H,3-12H2,1-2H3. The van der Waals surface area contributed by atoms with Gasteiger partial charge in [0.15, 0.2) is 6.29 Å². The second kappa shape index (κ2) is 12.0. The van der Waals surface area contributed by atoms with Crippen LogP contribution in [0.1, 0.15) is 71.6 Å². The van der Waals surface area contributed by atoms with Gasteiger partial charge in [0.2, 0.25) is 0 Å². The molecule has 0 amide bonds. The van der Waals surface area contributed by atoms with Gasteiger partial charge in [0, 0.05) is 6.61 Å². The van der Waals surface area contributed by atoms with Gasteiger partial charge in [0.05, 0.1) is 0 Å². The Morgan fingerprint density at radius 2 is 1.47 bits per heavy atom. The summed E-state index contributed by atoms with van der Waals surface area (Å²) in [7, 11) is 0. The largest absolute Gasteiger partial charge is 0.368 e. The second-order valence-corrected chi connectivity index (χ2v) is 4.24. The third-order valence-corrected chi connectivity index (χ3v) is 2.57. The molecule has 2 nitrogen and oxygen atoms in total. The summed E-state index contributed by atoms with van der Waals surface area (Å²) >= 11 is 0. The van der Waals surface area contributed by atoms with Crippen molar-refractivity contribution in [3.63, 3.8) is 0 Å². The number of ether oxygens (including phenoxy) is 1. The van der Waals surface area contributed by atoms with Crippen LogP contribution in [0.4, 0.5) is 0 Å². The van der Waals surface area contributed by atoms with E-state index in [1.165, 1.54) is 38.5 Å². The first-order chi connectivity index (χ1) is 7.31. The molecule has 0 heterocycles. The first kappa shape index (κ1) is 14.9. The molecule has 0 aromatic heterocycles. The summed E-state index contributed by atoms with van der Waals surface area (Å²) < 4.78 is 5.19. The fourth-order valence-corrected chi connectivity index (χ4v) is 1.61. The highest BCUT2D eigenvalue weighted by Gasteiger charge is 2.02. The molecule has 92 valence electrons. The van der Waals surface area contributed by atoms with Crippen molar-refractivity contribution in [1.29, 1.82) is 0 Å². The third kappa shape index (κ3) is 11.8. The monoisotopic (exact) mass is 216 g/mol. The molecule has 0 aliphatic carbocycles. The number of rotatable bonds is 11. The molecule has 0 aliphatic rings. The van der Waals surface area contributed by atoms with Crippen LogP contribution in [0.2, 0.25) is 0 Å². The molecule has 1 N–H and O–H groups in total. The quantitative estimate of drug-likeness (QED) is 0.419. The van der Waals surface area contributed by atoms with Gasteiger partial charge in [0.25, 0.3) is 0 Å². The van der Waals surface area contributed by atoms with Crippen molar-refractivity contribution in [3.8, 4) is 0 Å². The van der Waals surface area contributed by atoms with Crippen LogP contribution in [-0.4, -0.2) is 18.0 Å². The van der Waals surface area contributed by atoms with Crippen LogP contribution in [-0.2, 0) is 4.74 Å². The van der Waals surface area contributed by atoms with Crippen molar-refractivity contribution in [2.75, 3.05) is 6.61 Å². The Morgan fingerprint density at radius 1 is 0.867 bits per heavy atom. The SMILES string of the molecule is CCCCCCCCCC(O)OCCC. The summed E-state index contributed by atoms with van der Waals surface area (Å²) in [4.78, 5) is 0. The van der Waals surface area contributed by atoms with E-state index >= 15 is 0 Å². The lowest BCUT2D eigenvalue weighted by molar-refractivity contribution is -0.104. The topological polar surface area (TPSA) is 29.5 Å². The van der Waals surface area contributed by atoms with Gasteiger partial charge < -0.3 is 9.84 Å². The van der Waals surface area contributed by atoms with E-state index in [0.717, 1.165) is 19.3 Å². The average Bonchev–Trinajstić information content (AvgIpc) is 2.25. The Morgan fingerprint density at radius 3 is 2.07 bits per heavy atom. The molecule has 0 bridgehead atoms. The fourth-order valence-electron chi connectivity index (χ4n) is 1.61. The van der Waals surface area contributed by atoms with E-state index < -0.39 is 6.29 Å². The molecule has 0 aromatic carbocycles. The van der Waals surface area contributed by atoms with Gasteiger partial charge in [-0.05, 0) is 19.3 Å². The van der Waals surface area contributed by atoms with Crippen LogP contribution >= 0.6 is 0 Å². The summed E-state index contributed by atoms with van der Waals surface area (Å²) in [5.74, 6) is 0. The minimum absolute atomic E-state index is 0.527. The minimum atomic E-state index is -0.527. The first-order valence-corrected chi connectivity index (χ1v) is 6.61. The van der Waals surface area contributed by atoms with Crippen LogP contribution in [0.15, 0.2) is 0 Å². The maximum absolute atomic E-state index is 9.40. The molecular formula is C13H28O2. The Kier molecular flexibility index (Phi) is 11.9. The molecular weight excluding hydrogens is 188 g/mol. The Labute approximate surface area is 95.0 Å². The van der Waals surface area contributed by atoms with E-state index in [0.29, 0.717) is 6.61 Å². The molecule has 0 saturated carbocycles. The molecule has 1 unspecified atom stereocenters. The Hall–Kier alpha value is -0.0800. The Bertz CT molecular complexity index is 115. The summed E-state index contributed by atoms with van der Waals surface area (Å²) in [5, 5.41) is 9.40. The fraction of sp³-hybridized carbons (Fsp3) is 1.00. The molecule has 0 fully saturated rings. The van der Waals surface area contributed by atoms with Crippen molar-refractivity contribution >= 4 is 0 Å². The highest BCUT2D eigenvalue weighted by molar-refractivity contribution is 4.48. The normalized spacial score (nSPS) is 13.0. The van der Waals surface area contributed by atoms with Gasteiger partial charge in [-0.3, -0.25) is 0 Å². The highest BCUT2D eigenvalue weighted by Crippen LogP contribution is 2.10. The number of aliphatic hydroxyl groups is 1. The third-order valence-electron chi connectivity index (χ3n) is 2.57. The highest BCUT2D eigenvalue weighted by atomic mass is 16.6. The Balaban J connectivity index is 3.02. The lowest BCUT2D eigenvalue weighted by Crippen LogP contribution is -2.12. The van der Waals surface area contributed by atoms with E-state index in [2.05, 4.69) is 13.8 Å². The van der Waals surface area contributed by atoms with Crippen LogP contribution in [0, 0.1) is 0 Å². The van der Waals surface area contributed by atoms with Crippen LogP contribution in [0.3, 0.4) is 0 Å².